The van der Waals surface area contributed by atoms with Crippen molar-refractivity contribution in [3.63, 3.8) is 0 Å². The fourth-order valence-electron chi connectivity index (χ4n) is 3.61. The molecular formula is C23H16F3N3O3S2. The van der Waals surface area contributed by atoms with Gasteiger partial charge in [0.2, 0.25) is 5.91 Å². The Bertz CT molecular complexity index is 1270. The number of nitrogens with zero attached hydrogens (tertiary/aromatic N) is 2. The van der Waals surface area contributed by atoms with E-state index in [1.807, 2.05) is 0 Å². The highest BCUT2D eigenvalue weighted by Gasteiger charge is 2.42. The van der Waals surface area contributed by atoms with Gasteiger partial charge in [-0.2, -0.15) is 13.2 Å². The summed E-state index contributed by atoms with van der Waals surface area (Å²) in [4.78, 5) is 41.6. The van der Waals surface area contributed by atoms with Crippen LogP contribution in [0.2, 0.25) is 0 Å². The Morgan fingerprint density at radius 3 is 2.53 bits per heavy atom. The average Bonchev–Trinajstić information content (AvgIpc) is 3.21. The molecule has 0 radical (unpaired) electrons. The van der Waals surface area contributed by atoms with E-state index in [1.54, 1.807) is 24.3 Å². The minimum atomic E-state index is -4.56. The zero-order valence-electron chi connectivity index (χ0n) is 17.4. The average molecular weight is 504 g/mol. The van der Waals surface area contributed by atoms with Crippen molar-refractivity contribution in [2.24, 2.45) is 0 Å². The Balaban J connectivity index is 1.62. The summed E-state index contributed by atoms with van der Waals surface area (Å²) in [5, 5.41) is 2.40. The van der Waals surface area contributed by atoms with Crippen LogP contribution in [0.1, 0.15) is 11.1 Å². The van der Waals surface area contributed by atoms with E-state index in [4.69, 9.17) is 12.2 Å². The molecule has 1 saturated heterocycles. The third kappa shape index (κ3) is 4.36. The minimum Gasteiger partial charge on any atom is -0.325 e. The number of alkyl halides is 3. The van der Waals surface area contributed by atoms with Gasteiger partial charge in [0, 0.05) is 17.8 Å². The summed E-state index contributed by atoms with van der Waals surface area (Å²) in [5.41, 5.74) is 0.0579. The van der Waals surface area contributed by atoms with Crippen LogP contribution in [0, 0.1) is 0 Å². The highest BCUT2D eigenvalue weighted by Crippen LogP contribution is 2.44. The number of halogens is 3. The quantitative estimate of drug-likeness (QED) is 0.371. The Morgan fingerprint density at radius 1 is 1.09 bits per heavy atom. The van der Waals surface area contributed by atoms with E-state index >= 15 is 0 Å². The highest BCUT2D eigenvalue weighted by atomic mass is 32.2. The van der Waals surface area contributed by atoms with E-state index < -0.39 is 36.0 Å². The molecule has 174 valence electrons. The molecule has 2 aliphatic heterocycles. The first-order valence-corrected chi connectivity index (χ1v) is 11.1. The molecule has 3 amide bonds. The van der Waals surface area contributed by atoms with Crippen LogP contribution in [-0.4, -0.2) is 40.0 Å². The van der Waals surface area contributed by atoms with Gasteiger partial charge in [-0.05, 0) is 24.3 Å². The maximum Gasteiger partial charge on any atom is 0.416 e. The van der Waals surface area contributed by atoms with Crippen molar-refractivity contribution in [3.8, 4) is 0 Å². The van der Waals surface area contributed by atoms with Crippen LogP contribution >= 0.6 is 24.0 Å². The van der Waals surface area contributed by atoms with Gasteiger partial charge in [0.15, 0.2) is 0 Å². The van der Waals surface area contributed by atoms with E-state index in [9.17, 15) is 27.6 Å². The largest absolute Gasteiger partial charge is 0.416 e. The predicted octanol–water partition coefficient (Wildman–Crippen LogP) is 4.45. The Kier molecular flexibility index (Phi) is 6.32. The lowest BCUT2D eigenvalue weighted by Gasteiger charge is -2.17. The lowest BCUT2D eigenvalue weighted by atomic mass is 10.1. The van der Waals surface area contributed by atoms with Gasteiger partial charge < -0.3 is 5.32 Å². The number of carbonyl (C=O) groups excluding carboxylic acids is 3. The molecule has 6 nitrogen and oxygen atoms in total. The maximum atomic E-state index is 13.3. The second-order valence-corrected chi connectivity index (χ2v) is 8.96. The number of thioether (sulfide) groups is 1. The summed E-state index contributed by atoms with van der Waals surface area (Å²) < 4.78 is 39.2. The van der Waals surface area contributed by atoms with Crippen molar-refractivity contribution in [2.45, 2.75) is 6.18 Å². The number of rotatable bonds is 5. The van der Waals surface area contributed by atoms with Gasteiger partial charge in [-0.15, -0.1) is 6.58 Å². The topological polar surface area (TPSA) is 69.7 Å². The van der Waals surface area contributed by atoms with Crippen LogP contribution in [-0.2, 0) is 20.6 Å². The number of amides is 3. The van der Waals surface area contributed by atoms with Crippen molar-refractivity contribution in [2.75, 3.05) is 23.3 Å². The molecular weight excluding hydrogens is 487 g/mol. The lowest BCUT2D eigenvalue weighted by molar-refractivity contribution is -0.137. The summed E-state index contributed by atoms with van der Waals surface area (Å²) in [6.07, 6.45) is -3.04. The number of para-hydroxylation sites is 1. The molecule has 0 saturated carbocycles. The molecule has 2 aliphatic rings. The summed E-state index contributed by atoms with van der Waals surface area (Å²) in [6.45, 7) is 3.34. The van der Waals surface area contributed by atoms with E-state index in [-0.39, 0.29) is 22.7 Å². The van der Waals surface area contributed by atoms with Gasteiger partial charge in [0.05, 0.1) is 21.7 Å². The second-order valence-electron chi connectivity index (χ2n) is 7.31. The molecule has 0 spiro atoms. The van der Waals surface area contributed by atoms with Crippen molar-refractivity contribution < 1.29 is 27.6 Å². The molecule has 0 aromatic heterocycles. The number of benzene rings is 2. The van der Waals surface area contributed by atoms with E-state index in [0.29, 0.717) is 15.6 Å². The highest BCUT2D eigenvalue weighted by molar-refractivity contribution is 8.26. The SMILES string of the molecule is C=CCN1C(=O)/C(=C2\C(=O)N(CC(=O)Nc3cccc(C(F)(F)F)c3)c3ccccc32)SC1=S. The minimum absolute atomic E-state index is 0.0507. The Labute approximate surface area is 202 Å². The fourth-order valence-corrected chi connectivity index (χ4v) is 4.96. The van der Waals surface area contributed by atoms with E-state index in [1.165, 1.54) is 28.0 Å². The zero-order valence-corrected chi connectivity index (χ0v) is 19.0. The van der Waals surface area contributed by atoms with Crippen LogP contribution in [0.15, 0.2) is 66.1 Å². The molecule has 0 bridgehead atoms. The van der Waals surface area contributed by atoms with Gasteiger partial charge in [0.1, 0.15) is 10.9 Å². The first-order valence-electron chi connectivity index (χ1n) is 9.89. The van der Waals surface area contributed by atoms with Crippen LogP contribution in [0.5, 0.6) is 0 Å². The van der Waals surface area contributed by atoms with E-state index in [2.05, 4.69) is 11.9 Å². The summed E-state index contributed by atoms with van der Waals surface area (Å²) in [7, 11) is 0. The van der Waals surface area contributed by atoms with Crippen molar-refractivity contribution in [3.05, 3.63) is 77.2 Å². The Morgan fingerprint density at radius 2 is 1.82 bits per heavy atom. The number of fused-ring (bicyclic) bond motifs is 1. The number of hydrogen-bond acceptors (Lipinski definition) is 5. The lowest BCUT2D eigenvalue weighted by Crippen LogP contribution is -2.35. The number of hydrogen-bond donors (Lipinski definition) is 1. The first-order chi connectivity index (χ1) is 16.1. The predicted molar refractivity (Wildman–Crippen MR) is 128 cm³/mol. The van der Waals surface area contributed by atoms with Gasteiger partial charge in [-0.3, -0.25) is 24.2 Å². The molecule has 1 N–H and O–H groups in total. The van der Waals surface area contributed by atoms with Gasteiger partial charge in [-0.25, -0.2) is 0 Å². The van der Waals surface area contributed by atoms with Crippen LogP contribution in [0.25, 0.3) is 5.57 Å². The van der Waals surface area contributed by atoms with Crippen molar-refractivity contribution in [1.82, 2.24) is 4.90 Å². The molecule has 0 unspecified atom stereocenters. The van der Waals surface area contributed by atoms with Gasteiger partial charge in [0.25, 0.3) is 11.8 Å². The molecule has 34 heavy (non-hydrogen) atoms. The Hall–Kier alpha value is -3.44. The molecule has 11 heteroatoms. The molecule has 4 rings (SSSR count). The smallest absolute Gasteiger partial charge is 0.325 e. The van der Waals surface area contributed by atoms with Gasteiger partial charge in [-0.1, -0.05) is 54.3 Å². The number of anilines is 2. The van der Waals surface area contributed by atoms with E-state index in [0.717, 1.165) is 23.9 Å². The molecule has 0 aliphatic carbocycles. The standard InChI is InChI=1S/C23H16F3N3O3S2/c1-2-10-28-21(32)19(34-22(28)33)18-15-8-3-4-9-16(15)29(20(18)31)12-17(30)27-14-7-5-6-13(11-14)23(24,25)26/h2-9,11H,1,10,12H2,(H,27,30)/b19-18+. The normalized spacial score (nSPS) is 17.9. The molecule has 2 heterocycles. The third-order valence-electron chi connectivity index (χ3n) is 5.09. The van der Waals surface area contributed by atoms with Crippen molar-refractivity contribution >= 4 is 63.0 Å². The van der Waals surface area contributed by atoms with Gasteiger partial charge >= 0.3 is 6.18 Å². The number of nitrogens with one attached hydrogen (secondary N) is 1. The first kappa shape index (κ1) is 23.7. The zero-order chi connectivity index (χ0) is 24.6. The van der Waals surface area contributed by atoms with Crippen LogP contribution in [0.4, 0.5) is 24.5 Å². The van der Waals surface area contributed by atoms with Crippen LogP contribution in [0.3, 0.4) is 0 Å². The monoisotopic (exact) mass is 503 g/mol. The summed E-state index contributed by atoms with van der Waals surface area (Å²) >= 11 is 6.26. The number of thiocarbonyl (C=S) groups is 1. The molecule has 2 aromatic rings. The second kappa shape index (κ2) is 9.07. The molecule has 0 atom stereocenters. The summed E-state index contributed by atoms with van der Waals surface area (Å²) in [6, 6.07) is 10.9. The van der Waals surface area contributed by atoms with Crippen molar-refractivity contribution in [1.29, 1.82) is 0 Å². The number of carbonyl (C=O) groups is 3. The molecule has 1 fully saturated rings. The molecule has 2 aromatic carbocycles. The summed E-state index contributed by atoms with van der Waals surface area (Å²) in [5.74, 6) is -1.69. The fraction of sp³-hybridized carbons (Fsp3) is 0.130. The van der Waals surface area contributed by atoms with Crippen LogP contribution < -0.4 is 10.2 Å². The maximum absolute atomic E-state index is 13.3. The third-order valence-corrected chi connectivity index (χ3v) is 6.53.